The Morgan fingerprint density at radius 3 is 2.43 bits per heavy atom. The van der Waals surface area contributed by atoms with E-state index in [1.165, 1.54) is 0 Å². The van der Waals surface area contributed by atoms with E-state index in [9.17, 15) is 4.79 Å². The number of methoxy groups -OCH3 is 1. The number of hydrogen-bond donors (Lipinski definition) is 2. The van der Waals surface area contributed by atoms with E-state index in [4.69, 9.17) is 10.5 Å². The van der Waals surface area contributed by atoms with Crippen LogP contribution >= 0.6 is 0 Å². The molecule has 0 aromatic rings. The third-order valence-corrected chi connectivity index (χ3v) is 4.37. The Morgan fingerprint density at radius 1 is 1.29 bits per heavy atom. The van der Waals surface area contributed by atoms with Crippen LogP contribution in [-0.2, 0) is 9.53 Å². The Hall–Kier alpha value is -0.690. The molecule has 1 aliphatic rings. The molecule has 0 aromatic heterocycles. The summed E-state index contributed by atoms with van der Waals surface area (Å²) in [4.78, 5) is 16.8. The normalized spacial score (nSPS) is 20.2. The summed E-state index contributed by atoms with van der Waals surface area (Å²) in [5.74, 6) is 0.0921. The highest BCUT2D eigenvalue weighted by atomic mass is 16.5. The molecule has 21 heavy (non-hydrogen) atoms. The topological polar surface area (TPSA) is 70.8 Å². The molecular formula is C15H32N4O2. The zero-order chi connectivity index (χ0) is 15.7. The van der Waals surface area contributed by atoms with E-state index in [0.29, 0.717) is 19.2 Å². The van der Waals surface area contributed by atoms with Gasteiger partial charge in [0, 0.05) is 45.9 Å². The van der Waals surface area contributed by atoms with Gasteiger partial charge in [-0.2, -0.15) is 0 Å². The number of amides is 1. The lowest BCUT2D eigenvalue weighted by molar-refractivity contribution is -0.126. The van der Waals surface area contributed by atoms with Crippen LogP contribution in [0.4, 0.5) is 0 Å². The molecular weight excluding hydrogens is 268 g/mol. The number of ether oxygens (including phenoxy) is 1. The fourth-order valence-corrected chi connectivity index (χ4v) is 2.92. The van der Waals surface area contributed by atoms with Crippen LogP contribution in [0.3, 0.4) is 0 Å². The Morgan fingerprint density at radius 2 is 1.90 bits per heavy atom. The highest BCUT2D eigenvalue weighted by Gasteiger charge is 2.27. The lowest BCUT2D eigenvalue weighted by atomic mass is 10.1. The van der Waals surface area contributed by atoms with Gasteiger partial charge in [0.1, 0.15) is 0 Å². The van der Waals surface area contributed by atoms with Gasteiger partial charge in [0.2, 0.25) is 5.91 Å². The Balaban J connectivity index is 2.35. The lowest BCUT2D eigenvalue weighted by Crippen LogP contribution is -2.56. The minimum absolute atomic E-state index is 0.0707. The predicted molar refractivity (Wildman–Crippen MR) is 85.2 cm³/mol. The molecule has 1 saturated heterocycles. The van der Waals surface area contributed by atoms with Crippen LogP contribution in [0.25, 0.3) is 0 Å². The molecule has 1 aliphatic heterocycles. The van der Waals surface area contributed by atoms with Crippen molar-refractivity contribution in [1.29, 1.82) is 0 Å². The van der Waals surface area contributed by atoms with Crippen molar-refractivity contribution in [2.75, 3.05) is 53.0 Å². The van der Waals surface area contributed by atoms with E-state index in [1.807, 2.05) is 6.92 Å². The lowest BCUT2D eigenvalue weighted by Gasteiger charge is -2.40. The zero-order valence-corrected chi connectivity index (χ0v) is 13.8. The summed E-state index contributed by atoms with van der Waals surface area (Å²) in [7, 11) is 1.64. The van der Waals surface area contributed by atoms with Gasteiger partial charge >= 0.3 is 0 Å². The number of nitrogens with zero attached hydrogens (tertiary/aromatic N) is 2. The van der Waals surface area contributed by atoms with Gasteiger partial charge in [-0.1, -0.05) is 6.92 Å². The molecule has 1 amide bonds. The van der Waals surface area contributed by atoms with Crippen molar-refractivity contribution in [2.45, 2.75) is 38.8 Å². The first kappa shape index (κ1) is 18.4. The molecule has 6 nitrogen and oxygen atoms in total. The second-order valence-electron chi connectivity index (χ2n) is 5.67. The van der Waals surface area contributed by atoms with Gasteiger partial charge in [-0.05, 0) is 26.3 Å². The van der Waals surface area contributed by atoms with Gasteiger partial charge in [0.05, 0.1) is 12.6 Å². The summed E-state index contributed by atoms with van der Waals surface area (Å²) in [6.45, 7) is 10.0. The number of rotatable bonds is 9. The fourth-order valence-electron chi connectivity index (χ4n) is 2.92. The molecule has 124 valence electrons. The van der Waals surface area contributed by atoms with Crippen molar-refractivity contribution >= 4 is 5.91 Å². The summed E-state index contributed by atoms with van der Waals surface area (Å²) < 4.78 is 4.95. The van der Waals surface area contributed by atoms with Gasteiger partial charge < -0.3 is 15.8 Å². The summed E-state index contributed by atoms with van der Waals surface area (Å²) in [5.41, 5.74) is 5.68. The summed E-state index contributed by atoms with van der Waals surface area (Å²) in [6, 6.07) is 0.515. The van der Waals surface area contributed by atoms with Crippen molar-refractivity contribution in [2.24, 2.45) is 5.73 Å². The Bertz CT molecular complexity index is 293. The molecule has 0 saturated carbocycles. The van der Waals surface area contributed by atoms with Crippen LogP contribution in [0, 0.1) is 0 Å². The first-order valence-corrected chi connectivity index (χ1v) is 8.08. The number of hydrogen-bond acceptors (Lipinski definition) is 5. The maximum absolute atomic E-state index is 12.1. The van der Waals surface area contributed by atoms with Crippen molar-refractivity contribution < 1.29 is 9.53 Å². The van der Waals surface area contributed by atoms with E-state index in [1.54, 1.807) is 7.11 Å². The molecule has 0 aromatic carbocycles. The van der Waals surface area contributed by atoms with Crippen molar-refractivity contribution in [3.63, 3.8) is 0 Å². The standard InChI is InChI=1S/C15H32N4O2/c1-4-14(5-6-16)19-10-8-18(9-11-19)13(2)15(20)17-7-12-21-3/h13-14H,4-12,16H2,1-3H3,(H,17,20). The third kappa shape index (κ3) is 5.90. The van der Waals surface area contributed by atoms with Crippen molar-refractivity contribution in [3.8, 4) is 0 Å². The molecule has 0 spiro atoms. The van der Waals surface area contributed by atoms with Crippen LogP contribution in [0.5, 0.6) is 0 Å². The van der Waals surface area contributed by atoms with Gasteiger partial charge in [0.25, 0.3) is 0 Å². The van der Waals surface area contributed by atoms with Crippen LogP contribution in [0.2, 0.25) is 0 Å². The van der Waals surface area contributed by atoms with E-state index in [2.05, 4.69) is 22.0 Å². The molecule has 1 rings (SSSR count). The molecule has 2 atom stereocenters. The molecule has 3 N–H and O–H groups in total. The molecule has 0 radical (unpaired) electrons. The maximum atomic E-state index is 12.1. The van der Waals surface area contributed by atoms with E-state index >= 15 is 0 Å². The Labute approximate surface area is 129 Å². The van der Waals surface area contributed by atoms with Gasteiger partial charge in [0.15, 0.2) is 0 Å². The van der Waals surface area contributed by atoms with Crippen LogP contribution in [-0.4, -0.2) is 80.8 Å². The van der Waals surface area contributed by atoms with E-state index in [0.717, 1.165) is 45.6 Å². The smallest absolute Gasteiger partial charge is 0.237 e. The number of carbonyl (C=O) groups is 1. The van der Waals surface area contributed by atoms with Crippen LogP contribution in [0.15, 0.2) is 0 Å². The van der Waals surface area contributed by atoms with Crippen molar-refractivity contribution in [3.05, 3.63) is 0 Å². The number of nitrogens with two attached hydrogens (primary N) is 1. The molecule has 2 unspecified atom stereocenters. The summed E-state index contributed by atoms with van der Waals surface area (Å²) in [6.07, 6.45) is 2.20. The van der Waals surface area contributed by atoms with Gasteiger partial charge in [-0.15, -0.1) is 0 Å². The van der Waals surface area contributed by atoms with Gasteiger partial charge in [-0.25, -0.2) is 0 Å². The van der Waals surface area contributed by atoms with Crippen LogP contribution in [0.1, 0.15) is 26.7 Å². The monoisotopic (exact) mass is 300 g/mol. The maximum Gasteiger partial charge on any atom is 0.237 e. The molecule has 6 heteroatoms. The largest absolute Gasteiger partial charge is 0.383 e. The SMILES string of the molecule is CCC(CCN)N1CCN(C(C)C(=O)NCCOC)CC1. The molecule has 1 fully saturated rings. The Kier molecular flexibility index (Phi) is 8.84. The first-order valence-electron chi connectivity index (χ1n) is 8.08. The second kappa shape index (κ2) is 10.1. The zero-order valence-electron chi connectivity index (χ0n) is 13.8. The summed E-state index contributed by atoms with van der Waals surface area (Å²) >= 11 is 0. The molecule has 1 heterocycles. The number of piperazine rings is 1. The second-order valence-corrected chi connectivity index (χ2v) is 5.67. The quantitative estimate of drug-likeness (QED) is 0.581. The average molecular weight is 300 g/mol. The number of carbonyl (C=O) groups excluding carboxylic acids is 1. The first-order chi connectivity index (χ1) is 10.1. The average Bonchev–Trinajstić information content (AvgIpc) is 2.52. The molecule has 0 bridgehead atoms. The fraction of sp³-hybridized carbons (Fsp3) is 0.933. The molecule has 0 aliphatic carbocycles. The predicted octanol–water partition coefficient (Wildman–Crippen LogP) is -0.117. The van der Waals surface area contributed by atoms with E-state index in [-0.39, 0.29) is 11.9 Å². The minimum atomic E-state index is -0.0707. The summed E-state index contributed by atoms with van der Waals surface area (Å²) in [5, 5.41) is 2.91. The highest BCUT2D eigenvalue weighted by molar-refractivity contribution is 5.81. The van der Waals surface area contributed by atoms with Crippen LogP contribution < -0.4 is 11.1 Å². The van der Waals surface area contributed by atoms with E-state index < -0.39 is 0 Å². The minimum Gasteiger partial charge on any atom is -0.383 e. The number of nitrogens with one attached hydrogen (secondary N) is 1. The third-order valence-electron chi connectivity index (χ3n) is 4.37. The van der Waals surface area contributed by atoms with Gasteiger partial charge in [-0.3, -0.25) is 14.6 Å². The highest BCUT2D eigenvalue weighted by Crippen LogP contribution is 2.13. The van der Waals surface area contributed by atoms with Crippen molar-refractivity contribution in [1.82, 2.24) is 15.1 Å².